The molecule has 0 amide bonds. The van der Waals surface area contributed by atoms with Gasteiger partial charge < -0.3 is 10.5 Å². The van der Waals surface area contributed by atoms with Crippen LogP contribution in [0.15, 0.2) is 12.3 Å². The number of nitrogens with zero attached hydrogens (tertiary/aromatic N) is 1. The molecule has 3 nitrogen and oxygen atoms in total. The van der Waals surface area contributed by atoms with Crippen LogP contribution in [0, 0.1) is 0 Å². The Morgan fingerprint density at radius 2 is 2.19 bits per heavy atom. The monoisotopic (exact) mass is 254 g/mol. The summed E-state index contributed by atoms with van der Waals surface area (Å²) in [5.74, 6) is 0.0622. The molecule has 2 N–H and O–H groups in total. The van der Waals surface area contributed by atoms with Crippen molar-refractivity contribution < 1.29 is 17.9 Å². The Kier molecular flexibility index (Phi) is 3.98. The Morgan fingerprint density at radius 3 is 2.69 bits per heavy atom. The van der Waals surface area contributed by atoms with Crippen LogP contribution in [-0.4, -0.2) is 24.3 Å². The summed E-state index contributed by atoms with van der Waals surface area (Å²) in [4.78, 5) is 3.76. The van der Waals surface area contributed by atoms with E-state index in [1.807, 2.05) is 0 Å². The first-order valence-corrected chi connectivity index (χ1v) is 4.73. The van der Waals surface area contributed by atoms with Gasteiger partial charge in [0.25, 0.3) is 0 Å². The standard InChI is InChI=1S/C9H10ClF3N2O/c1-16-8-5(6(10)2-3-15-8)4-7(14)9(11,12)13/h2-3,7H,4,14H2,1H3. The van der Waals surface area contributed by atoms with Gasteiger partial charge in [0.15, 0.2) is 0 Å². The van der Waals surface area contributed by atoms with Crippen molar-refractivity contribution in [2.24, 2.45) is 5.73 Å². The highest BCUT2D eigenvalue weighted by Crippen LogP contribution is 2.29. The molecule has 1 aromatic rings. The zero-order valence-corrected chi connectivity index (χ0v) is 9.14. The van der Waals surface area contributed by atoms with E-state index in [1.54, 1.807) is 0 Å². The molecule has 0 aliphatic rings. The number of hydrogen-bond donors (Lipinski definition) is 1. The molecule has 0 fully saturated rings. The lowest BCUT2D eigenvalue weighted by Crippen LogP contribution is -2.39. The minimum Gasteiger partial charge on any atom is -0.481 e. The molecule has 7 heteroatoms. The second-order valence-corrected chi connectivity index (χ2v) is 3.54. The highest BCUT2D eigenvalue weighted by atomic mass is 35.5. The van der Waals surface area contributed by atoms with Crippen molar-refractivity contribution in [1.29, 1.82) is 0 Å². The van der Waals surface area contributed by atoms with Gasteiger partial charge in [0.05, 0.1) is 12.1 Å². The summed E-state index contributed by atoms with van der Waals surface area (Å²) in [6.07, 6.45) is -3.58. The average molecular weight is 255 g/mol. The Bertz CT molecular complexity index is 370. The molecule has 0 radical (unpaired) electrons. The van der Waals surface area contributed by atoms with Gasteiger partial charge in [-0.25, -0.2) is 4.98 Å². The number of ether oxygens (including phenoxy) is 1. The topological polar surface area (TPSA) is 48.1 Å². The molecule has 0 spiro atoms. The Hall–Kier alpha value is -1.01. The molecule has 0 saturated heterocycles. The summed E-state index contributed by atoms with van der Waals surface area (Å²) in [6, 6.07) is -0.592. The van der Waals surface area contributed by atoms with Gasteiger partial charge in [0.1, 0.15) is 6.04 Å². The molecule has 0 saturated carbocycles. The lowest BCUT2D eigenvalue weighted by atomic mass is 10.1. The third kappa shape index (κ3) is 2.99. The minimum absolute atomic E-state index is 0.0622. The summed E-state index contributed by atoms with van der Waals surface area (Å²) in [5, 5.41) is 0.159. The largest absolute Gasteiger partial charge is 0.481 e. The average Bonchev–Trinajstić information content (AvgIpc) is 2.19. The molecule has 0 bridgehead atoms. The summed E-state index contributed by atoms with van der Waals surface area (Å²) in [7, 11) is 1.31. The van der Waals surface area contributed by atoms with E-state index in [-0.39, 0.29) is 16.5 Å². The van der Waals surface area contributed by atoms with Crippen LogP contribution >= 0.6 is 11.6 Å². The molecule has 1 aromatic heterocycles. The van der Waals surface area contributed by atoms with Gasteiger partial charge in [-0.2, -0.15) is 13.2 Å². The first-order chi connectivity index (χ1) is 7.36. The highest BCUT2D eigenvalue weighted by Gasteiger charge is 2.37. The van der Waals surface area contributed by atoms with Crippen LogP contribution in [0.3, 0.4) is 0 Å². The van der Waals surface area contributed by atoms with Crippen LogP contribution < -0.4 is 10.5 Å². The van der Waals surface area contributed by atoms with Crippen LogP contribution in [0.2, 0.25) is 5.02 Å². The second kappa shape index (κ2) is 4.88. The highest BCUT2D eigenvalue weighted by molar-refractivity contribution is 6.31. The summed E-state index contributed by atoms with van der Waals surface area (Å²) in [6.45, 7) is 0. The molecule has 1 unspecified atom stereocenters. The maximum atomic E-state index is 12.3. The number of methoxy groups -OCH3 is 1. The van der Waals surface area contributed by atoms with Crippen LogP contribution in [0.1, 0.15) is 5.56 Å². The van der Waals surface area contributed by atoms with Crippen LogP contribution in [0.4, 0.5) is 13.2 Å². The molecular weight excluding hydrogens is 245 g/mol. The van der Waals surface area contributed by atoms with E-state index < -0.39 is 18.6 Å². The maximum absolute atomic E-state index is 12.3. The van der Waals surface area contributed by atoms with E-state index in [0.29, 0.717) is 0 Å². The molecule has 16 heavy (non-hydrogen) atoms. The van der Waals surface area contributed by atoms with Crippen molar-refractivity contribution in [2.45, 2.75) is 18.6 Å². The number of pyridine rings is 1. The van der Waals surface area contributed by atoms with E-state index in [2.05, 4.69) is 4.98 Å². The predicted molar refractivity (Wildman–Crippen MR) is 53.5 cm³/mol. The van der Waals surface area contributed by atoms with Gasteiger partial charge in [0, 0.05) is 18.2 Å². The van der Waals surface area contributed by atoms with Gasteiger partial charge in [0.2, 0.25) is 5.88 Å². The van der Waals surface area contributed by atoms with E-state index in [4.69, 9.17) is 22.1 Å². The fraction of sp³-hybridized carbons (Fsp3) is 0.444. The molecular formula is C9H10ClF3N2O. The molecule has 1 rings (SSSR count). The lowest BCUT2D eigenvalue weighted by Gasteiger charge is -2.17. The number of rotatable bonds is 3. The van der Waals surface area contributed by atoms with Gasteiger partial charge in [-0.15, -0.1) is 0 Å². The van der Waals surface area contributed by atoms with Crippen molar-refractivity contribution in [2.75, 3.05) is 7.11 Å². The van der Waals surface area contributed by atoms with Gasteiger partial charge in [-0.3, -0.25) is 0 Å². The maximum Gasteiger partial charge on any atom is 0.403 e. The van der Waals surface area contributed by atoms with Crippen molar-refractivity contribution in [3.63, 3.8) is 0 Å². The molecule has 0 aliphatic carbocycles. The Labute approximate surface area is 95.4 Å². The smallest absolute Gasteiger partial charge is 0.403 e. The Morgan fingerprint density at radius 1 is 1.56 bits per heavy atom. The second-order valence-electron chi connectivity index (χ2n) is 3.13. The van der Waals surface area contributed by atoms with Crippen molar-refractivity contribution >= 4 is 11.6 Å². The van der Waals surface area contributed by atoms with Crippen LogP contribution in [0.25, 0.3) is 0 Å². The zero-order chi connectivity index (χ0) is 12.3. The molecule has 0 aromatic carbocycles. The number of aromatic nitrogens is 1. The van der Waals surface area contributed by atoms with Crippen molar-refractivity contribution in [3.05, 3.63) is 22.8 Å². The number of nitrogens with two attached hydrogens (primary N) is 1. The SMILES string of the molecule is COc1nccc(Cl)c1CC(N)C(F)(F)F. The third-order valence-corrected chi connectivity index (χ3v) is 2.35. The molecule has 0 aliphatic heterocycles. The van der Waals surface area contributed by atoms with Crippen LogP contribution in [-0.2, 0) is 6.42 Å². The van der Waals surface area contributed by atoms with E-state index >= 15 is 0 Å². The fourth-order valence-electron chi connectivity index (χ4n) is 1.15. The van der Waals surface area contributed by atoms with Gasteiger partial charge in [-0.05, 0) is 6.07 Å². The predicted octanol–water partition coefficient (Wildman–Crippen LogP) is 2.18. The minimum atomic E-state index is -4.47. The Balaban J connectivity index is 2.96. The van der Waals surface area contributed by atoms with Crippen LogP contribution in [0.5, 0.6) is 5.88 Å². The fourth-order valence-corrected chi connectivity index (χ4v) is 1.36. The van der Waals surface area contributed by atoms with E-state index in [0.717, 1.165) is 0 Å². The normalized spacial score (nSPS) is 13.6. The first-order valence-electron chi connectivity index (χ1n) is 4.36. The van der Waals surface area contributed by atoms with Gasteiger partial charge >= 0.3 is 6.18 Å². The lowest BCUT2D eigenvalue weighted by molar-refractivity contribution is -0.147. The van der Waals surface area contributed by atoms with Crippen molar-refractivity contribution in [3.8, 4) is 5.88 Å². The quantitative estimate of drug-likeness (QED) is 0.899. The molecule has 1 atom stereocenters. The van der Waals surface area contributed by atoms with E-state index in [1.165, 1.54) is 19.4 Å². The summed E-state index contributed by atoms with van der Waals surface area (Å²) >= 11 is 5.76. The van der Waals surface area contributed by atoms with Crippen molar-refractivity contribution in [1.82, 2.24) is 4.98 Å². The van der Waals surface area contributed by atoms with E-state index in [9.17, 15) is 13.2 Å². The third-order valence-electron chi connectivity index (χ3n) is 2.00. The summed E-state index contributed by atoms with van der Waals surface area (Å²) in [5.41, 5.74) is 5.17. The number of alkyl halides is 3. The number of halogens is 4. The molecule has 1 heterocycles. The van der Waals surface area contributed by atoms with Gasteiger partial charge in [-0.1, -0.05) is 11.6 Å². The molecule has 90 valence electrons. The number of hydrogen-bond acceptors (Lipinski definition) is 3. The first kappa shape index (κ1) is 13.1. The summed E-state index contributed by atoms with van der Waals surface area (Å²) < 4.78 is 41.6. The zero-order valence-electron chi connectivity index (χ0n) is 8.38.